The third kappa shape index (κ3) is 1.07. The summed E-state index contributed by atoms with van der Waals surface area (Å²) in [6.07, 6.45) is 3.61. The highest BCUT2D eigenvalue weighted by atomic mass is 127. The lowest BCUT2D eigenvalue weighted by Gasteiger charge is -1.95. The lowest BCUT2D eigenvalue weighted by molar-refractivity contribution is 1.18. The molecule has 0 radical (unpaired) electrons. The molecule has 0 aliphatic rings. The highest BCUT2D eigenvalue weighted by molar-refractivity contribution is 14.1. The summed E-state index contributed by atoms with van der Waals surface area (Å²) in [7, 11) is 0. The minimum absolute atomic E-state index is 0.679. The SMILES string of the molecule is Nc1cnc2ccc(I)cn12. The van der Waals surface area contributed by atoms with Crippen LogP contribution in [0.15, 0.2) is 24.5 Å². The van der Waals surface area contributed by atoms with Gasteiger partial charge in [-0.1, -0.05) is 0 Å². The number of pyridine rings is 1. The quantitative estimate of drug-likeness (QED) is 0.729. The summed E-state index contributed by atoms with van der Waals surface area (Å²) in [5.41, 5.74) is 6.53. The van der Waals surface area contributed by atoms with Gasteiger partial charge in [-0.25, -0.2) is 4.98 Å². The van der Waals surface area contributed by atoms with Crippen LogP contribution in [0.1, 0.15) is 0 Å². The predicted octanol–water partition coefficient (Wildman–Crippen LogP) is 1.52. The first-order valence-corrected chi connectivity index (χ1v) is 4.23. The van der Waals surface area contributed by atoms with Crippen LogP contribution in [0.3, 0.4) is 0 Å². The number of rotatable bonds is 0. The van der Waals surface area contributed by atoms with E-state index in [1.54, 1.807) is 6.20 Å². The third-order valence-corrected chi connectivity index (χ3v) is 2.14. The van der Waals surface area contributed by atoms with E-state index in [4.69, 9.17) is 5.73 Å². The molecule has 2 aromatic heterocycles. The normalized spacial score (nSPS) is 10.6. The number of hydrogen-bond donors (Lipinski definition) is 1. The molecule has 2 heterocycles. The Hall–Kier alpha value is -0.780. The maximum Gasteiger partial charge on any atom is 0.138 e. The van der Waals surface area contributed by atoms with E-state index >= 15 is 0 Å². The fourth-order valence-electron chi connectivity index (χ4n) is 0.973. The topological polar surface area (TPSA) is 43.3 Å². The lowest BCUT2D eigenvalue weighted by Crippen LogP contribution is -1.92. The van der Waals surface area contributed by atoms with Crippen molar-refractivity contribution in [2.75, 3.05) is 5.73 Å². The summed E-state index contributed by atoms with van der Waals surface area (Å²) < 4.78 is 3.02. The molecular formula is C7H6IN3. The zero-order chi connectivity index (χ0) is 7.84. The molecule has 0 saturated heterocycles. The van der Waals surface area contributed by atoms with Crippen molar-refractivity contribution in [3.63, 3.8) is 0 Å². The number of anilines is 1. The van der Waals surface area contributed by atoms with Crippen LogP contribution in [0.2, 0.25) is 0 Å². The van der Waals surface area contributed by atoms with Crippen molar-refractivity contribution in [3.8, 4) is 0 Å². The smallest absolute Gasteiger partial charge is 0.138 e. The van der Waals surface area contributed by atoms with Crippen molar-refractivity contribution in [2.24, 2.45) is 0 Å². The van der Waals surface area contributed by atoms with Crippen molar-refractivity contribution >= 4 is 34.1 Å². The van der Waals surface area contributed by atoms with Gasteiger partial charge in [0.05, 0.1) is 6.20 Å². The van der Waals surface area contributed by atoms with Gasteiger partial charge < -0.3 is 5.73 Å². The van der Waals surface area contributed by atoms with E-state index in [1.165, 1.54) is 0 Å². The highest BCUT2D eigenvalue weighted by Crippen LogP contribution is 2.11. The Balaban J connectivity index is 2.87. The molecule has 4 heteroatoms. The monoisotopic (exact) mass is 259 g/mol. The molecule has 2 rings (SSSR count). The summed E-state index contributed by atoms with van der Waals surface area (Å²) in [5.74, 6) is 0.679. The van der Waals surface area contributed by atoms with E-state index in [2.05, 4.69) is 27.6 Å². The number of nitrogens with two attached hydrogens (primary N) is 1. The molecule has 0 aromatic carbocycles. The molecule has 11 heavy (non-hydrogen) atoms. The van der Waals surface area contributed by atoms with Gasteiger partial charge in [0.25, 0.3) is 0 Å². The van der Waals surface area contributed by atoms with Gasteiger partial charge >= 0.3 is 0 Å². The van der Waals surface area contributed by atoms with E-state index in [9.17, 15) is 0 Å². The molecule has 0 aliphatic heterocycles. The zero-order valence-electron chi connectivity index (χ0n) is 5.66. The second-order valence-electron chi connectivity index (χ2n) is 2.26. The number of hydrogen-bond acceptors (Lipinski definition) is 2. The average molecular weight is 259 g/mol. The summed E-state index contributed by atoms with van der Waals surface area (Å²) in [6, 6.07) is 3.94. The first-order valence-electron chi connectivity index (χ1n) is 3.15. The van der Waals surface area contributed by atoms with Crippen LogP contribution in [-0.4, -0.2) is 9.38 Å². The maximum atomic E-state index is 5.64. The lowest BCUT2D eigenvalue weighted by atomic mass is 10.5. The van der Waals surface area contributed by atoms with Crippen LogP contribution in [-0.2, 0) is 0 Å². The van der Waals surface area contributed by atoms with E-state index in [0.717, 1.165) is 9.22 Å². The minimum Gasteiger partial charge on any atom is -0.383 e. The fraction of sp³-hybridized carbons (Fsp3) is 0. The van der Waals surface area contributed by atoms with Gasteiger partial charge in [-0.2, -0.15) is 0 Å². The molecule has 0 amide bonds. The molecule has 0 atom stereocenters. The standard InChI is InChI=1S/C7H6IN3/c8-5-1-2-7-10-3-6(9)11(7)4-5/h1-4H,9H2. The number of aromatic nitrogens is 2. The van der Waals surface area contributed by atoms with Crippen LogP contribution in [0, 0.1) is 3.57 Å². The van der Waals surface area contributed by atoms with Crippen LogP contribution in [0.25, 0.3) is 5.65 Å². The van der Waals surface area contributed by atoms with E-state index in [0.29, 0.717) is 5.82 Å². The zero-order valence-corrected chi connectivity index (χ0v) is 7.82. The minimum atomic E-state index is 0.679. The van der Waals surface area contributed by atoms with Crippen molar-refractivity contribution in [2.45, 2.75) is 0 Å². The molecule has 3 nitrogen and oxygen atoms in total. The first-order chi connectivity index (χ1) is 5.27. The Morgan fingerprint density at radius 2 is 2.27 bits per heavy atom. The largest absolute Gasteiger partial charge is 0.383 e. The average Bonchev–Trinajstić information content (AvgIpc) is 2.33. The second kappa shape index (κ2) is 2.37. The second-order valence-corrected chi connectivity index (χ2v) is 3.50. The van der Waals surface area contributed by atoms with Crippen LogP contribution in [0.5, 0.6) is 0 Å². The van der Waals surface area contributed by atoms with Gasteiger partial charge in [-0.05, 0) is 34.7 Å². The number of nitrogens with zero attached hydrogens (tertiary/aromatic N) is 2. The molecule has 0 spiro atoms. The molecule has 0 unspecified atom stereocenters. The molecule has 0 saturated carbocycles. The summed E-state index contributed by atoms with van der Waals surface area (Å²) >= 11 is 2.24. The number of halogens is 1. The van der Waals surface area contributed by atoms with Crippen LogP contribution >= 0.6 is 22.6 Å². The highest BCUT2D eigenvalue weighted by Gasteiger charge is 1.97. The van der Waals surface area contributed by atoms with Gasteiger partial charge in [0.2, 0.25) is 0 Å². The predicted molar refractivity (Wildman–Crippen MR) is 52.3 cm³/mol. The summed E-state index contributed by atoms with van der Waals surface area (Å²) in [6.45, 7) is 0. The number of nitrogen functional groups attached to an aromatic ring is 1. The van der Waals surface area contributed by atoms with Crippen molar-refractivity contribution < 1.29 is 0 Å². The van der Waals surface area contributed by atoms with Gasteiger partial charge in [-0.3, -0.25) is 4.40 Å². The van der Waals surface area contributed by atoms with Crippen LogP contribution in [0.4, 0.5) is 5.82 Å². The molecule has 2 aromatic rings. The van der Waals surface area contributed by atoms with Gasteiger partial charge in [0, 0.05) is 9.77 Å². The molecule has 56 valence electrons. The van der Waals surface area contributed by atoms with Gasteiger partial charge in [-0.15, -0.1) is 0 Å². The summed E-state index contributed by atoms with van der Waals surface area (Å²) in [4.78, 5) is 4.09. The first kappa shape index (κ1) is 6.90. The van der Waals surface area contributed by atoms with Gasteiger partial charge in [0.1, 0.15) is 11.5 Å². The van der Waals surface area contributed by atoms with Crippen molar-refractivity contribution in [3.05, 3.63) is 28.1 Å². The number of fused-ring (bicyclic) bond motifs is 1. The number of imidazole rings is 1. The third-order valence-electron chi connectivity index (χ3n) is 1.50. The van der Waals surface area contributed by atoms with E-state index in [1.807, 2.05) is 22.7 Å². The van der Waals surface area contributed by atoms with E-state index in [-0.39, 0.29) is 0 Å². The molecule has 0 fully saturated rings. The van der Waals surface area contributed by atoms with Crippen molar-refractivity contribution in [1.29, 1.82) is 0 Å². The Bertz CT molecular complexity index is 393. The molecule has 0 aliphatic carbocycles. The molecule has 2 N–H and O–H groups in total. The fourth-order valence-corrected chi connectivity index (χ4v) is 1.43. The van der Waals surface area contributed by atoms with Gasteiger partial charge in [0.15, 0.2) is 0 Å². The Labute approximate surface area is 77.4 Å². The molecular weight excluding hydrogens is 253 g/mol. The Kier molecular flexibility index (Phi) is 1.49. The maximum absolute atomic E-state index is 5.64. The van der Waals surface area contributed by atoms with E-state index < -0.39 is 0 Å². The van der Waals surface area contributed by atoms with Crippen LogP contribution < -0.4 is 5.73 Å². The molecule has 0 bridgehead atoms. The Morgan fingerprint density at radius 3 is 3.09 bits per heavy atom. The summed E-state index contributed by atoms with van der Waals surface area (Å²) in [5, 5.41) is 0. The van der Waals surface area contributed by atoms with Crippen molar-refractivity contribution in [1.82, 2.24) is 9.38 Å². The Morgan fingerprint density at radius 1 is 1.45 bits per heavy atom.